The minimum atomic E-state index is -0.352. The van der Waals surface area contributed by atoms with Crippen molar-refractivity contribution < 1.29 is 9.52 Å². The molecule has 54 valence electrons. The molecular formula is C8H10O2. The third-order valence-electron chi connectivity index (χ3n) is 1.90. The first-order valence-electron chi connectivity index (χ1n) is 3.59. The standard InChI is InChI=1S/C8H10O2/c9-8(6-3-4-6)7-2-1-5-10-7/h1-2,5-6,8-9H,3-4H2. The minimum absolute atomic E-state index is 0.352. The Balaban J connectivity index is 2.11. The van der Waals surface area contributed by atoms with Gasteiger partial charge in [0.1, 0.15) is 11.9 Å². The molecule has 1 aliphatic carbocycles. The summed E-state index contributed by atoms with van der Waals surface area (Å²) in [5.74, 6) is 1.17. The molecule has 0 aromatic carbocycles. The van der Waals surface area contributed by atoms with Gasteiger partial charge in [-0.05, 0) is 30.9 Å². The van der Waals surface area contributed by atoms with Crippen molar-refractivity contribution in [3.8, 4) is 0 Å². The maximum atomic E-state index is 9.46. The van der Waals surface area contributed by atoms with Gasteiger partial charge < -0.3 is 9.52 Å². The molecule has 1 heterocycles. The van der Waals surface area contributed by atoms with Gasteiger partial charge in [-0.2, -0.15) is 0 Å². The summed E-state index contributed by atoms with van der Waals surface area (Å²) in [5.41, 5.74) is 0. The van der Waals surface area contributed by atoms with Crippen LogP contribution in [-0.2, 0) is 0 Å². The monoisotopic (exact) mass is 138 g/mol. The van der Waals surface area contributed by atoms with Crippen molar-refractivity contribution >= 4 is 0 Å². The van der Waals surface area contributed by atoms with Crippen LogP contribution in [0.2, 0.25) is 0 Å². The number of aliphatic hydroxyl groups is 1. The van der Waals surface area contributed by atoms with Gasteiger partial charge in [0.25, 0.3) is 0 Å². The van der Waals surface area contributed by atoms with E-state index in [2.05, 4.69) is 0 Å². The highest BCUT2D eigenvalue weighted by atomic mass is 16.4. The lowest BCUT2D eigenvalue weighted by molar-refractivity contribution is 0.127. The van der Waals surface area contributed by atoms with Crippen molar-refractivity contribution in [1.29, 1.82) is 0 Å². The van der Waals surface area contributed by atoms with E-state index in [1.165, 1.54) is 0 Å². The summed E-state index contributed by atoms with van der Waals surface area (Å²) in [5, 5.41) is 9.46. The minimum Gasteiger partial charge on any atom is -0.467 e. The molecule has 1 aromatic rings. The van der Waals surface area contributed by atoms with E-state index in [-0.39, 0.29) is 6.10 Å². The van der Waals surface area contributed by atoms with E-state index >= 15 is 0 Å². The largest absolute Gasteiger partial charge is 0.467 e. The van der Waals surface area contributed by atoms with Crippen molar-refractivity contribution in [3.05, 3.63) is 24.2 Å². The molecule has 1 N–H and O–H groups in total. The van der Waals surface area contributed by atoms with E-state index in [1.54, 1.807) is 12.3 Å². The van der Waals surface area contributed by atoms with Gasteiger partial charge in [0.15, 0.2) is 0 Å². The van der Waals surface area contributed by atoms with E-state index in [0.717, 1.165) is 12.8 Å². The van der Waals surface area contributed by atoms with E-state index in [1.807, 2.05) is 6.07 Å². The Hall–Kier alpha value is -0.760. The molecule has 1 saturated carbocycles. The van der Waals surface area contributed by atoms with Crippen LogP contribution >= 0.6 is 0 Å². The number of rotatable bonds is 2. The van der Waals surface area contributed by atoms with Crippen molar-refractivity contribution in [2.24, 2.45) is 5.92 Å². The normalized spacial score (nSPS) is 20.9. The average Bonchev–Trinajstić information content (AvgIpc) is 2.65. The van der Waals surface area contributed by atoms with Gasteiger partial charge >= 0.3 is 0 Å². The maximum Gasteiger partial charge on any atom is 0.132 e. The molecule has 0 aliphatic heterocycles. The van der Waals surface area contributed by atoms with E-state index in [0.29, 0.717) is 11.7 Å². The smallest absolute Gasteiger partial charge is 0.132 e. The van der Waals surface area contributed by atoms with Crippen LogP contribution in [0.1, 0.15) is 24.7 Å². The molecule has 2 heteroatoms. The Morgan fingerprint density at radius 2 is 2.40 bits per heavy atom. The predicted molar refractivity (Wildman–Crippen MR) is 36.4 cm³/mol. The highest BCUT2D eigenvalue weighted by Crippen LogP contribution is 2.40. The van der Waals surface area contributed by atoms with Gasteiger partial charge in [-0.25, -0.2) is 0 Å². The van der Waals surface area contributed by atoms with Crippen molar-refractivity contribution in [2.75, 3.05) is 0 Å². The zero-order chi connectivity index (χ0) is 6.97. The first-order chi connectivity index (χ1) is 4.88. The second kappa shape index (κ2) is 2.13. The summed E-state index contributed by atoms with van der Waals surface area (Å²) in [6.07, 6.45) is 3.53. The zero-order valence-electron chi connectivity index (χ0n) is 5.66. The molecule has 1 atom stereocenters. The molecule has 0 saturated heterocycles. The highest BCUT2D eigenvalue weighted by molar-refractivity contribution is 5.05. The van der Waals surface area contributed by atoms with Crippen LogP contribution in [0.25, 0.3) is 0 Å². The first-order valence-corrected chi connectivity index (χ1v) is 3.59. The number of hydrogen-bond donors (Lipinski definition) is 1. The molecular weight excluding hydrogens is 128 g/mol. The highest BCUT2D eigenvalue weighted by Gasteiger charge is 2.32. The summed E-state index contributed by atoms with van der Waals surface area (Å²) < 4.78 is 5.05. The molecule has 1 fully saturated rings. The molecule has 2 rings (SSSR count). The summed E-state index contributed by atoms with van der Waals surface area (Å²) in [6.45, 7) is 0. The third-order valence-corrected chi connectivity index (χ3v) is 1.90. The summed E-state index contributed by atoms with van der Waals surface area (Å²) >= 11 is 0. The van der Waals surface area contributed by atoms with E-state index in [4.69, 9.17) is 4.42 Å². The van der Waals surface area contributed by atoms with Gasteiger partial charge in [0, 0.05) is 0 Å². The molecule has 1 unspecified atom stereocenters. The van der Waals surface area contributed by atoms with Gasteiger partial charge in [0.2, 0.25) is 0 Å². The van der Waals surface area contributed by atoms with Crippen LogP contribution in [0.3, 0.4) is 0 Å². The van der Waals surface area contributed by atoms with E-state index < -0.39 is 0 Å². The van der Waals surface area contributed by atoms with Crippen LogP contribution < -0.4 is 0 Å². The second-order valence-electron chi connectivity index (χ2n) is 2.80. The molecule has 10 heavy (non-hydrogen) atoms. The van der Waals surface area contributed by atoms with Crippen LogP contribution in [0.4, 0.5) is 0 Å². The Morgan fingerprint density at radius 1 is 1.60 bits per heavy atom. The molecule has 0 amide bonds. The molecule has 0 bridgehead atoms. The van der Waals surface area contributed by atoms with Crippen LogP contribution in [0.5, 0.6) is 0 Å². The SMILES string of the molecule is OC(c1ccco1)C1CC1. The Bertz CT molecular complexity index is 199. The third kappa shape index (κ3) is 0.948. The Labute approximate surface area is 59.5 Å². The number of aliphatic hydroxyl groups excluding tert-OH is 1. The van der Waals surface area contributed by atoms with Crippen molar-refractivity contribution in [1.82, 2.24) is 0 Å². The lowest BCUT2D eigenvalue weighted by Crippen LogP contribution is -1.96. The first kappa shape index (κ1) is 5.98. The summed E-state index contributed by atoms with van der Waals surface area (Å²) in [6, 6.07) is 3.63. The average molecular weight is 138 g/mol. The fraction of sp³-hybridized carbons (Fsp3) is 0.500. The maximum absolute atomic E-state index is 9.46. The van der Waals surface area contributed by atoms with Crippen LogP contribution in [0.15, 0.2) is 22.8 Å². The Morgan fingerprint density at radius 3 is 2.90 bits per heavy atom. The number of furan rings is 1. The van der Waals surface area contributed by atoms with Crippen molar-refractivity contribution in [2.45, 2.75) is 18.9 Å². The van der Waals surface area contributed by atoms with Gasteiger partial charge in [-0.1, -0.05) is 0 Å². The molecule has 1 aromatic heterocycles. The Kier molecular flexibility index (Phi) is 1.27. The van der Waals surface area contributed by atoms with Crippen LogP contribution in [-0.4, -0.2) is 5.11 Å². The quantitative estimate of drug-likeness (QED) is 0.675. The molecule has 0 radical (unpaired) electrons. The van der Waals surface area contributed by atoms with Gasteiger partial charge in [0.05, 0.1) is 6.26 Å². The summed E-state index contributed by atoms with van der Waals surface area (Å²) in [7, 11) is 0. The molecule has 1 aliphatic rings. The van der Waals surface area contributed by atoms with Crippen molar-refractivity contribution in [3.63, 3.8) is 0 Å². The van der Waals surface area contributed by atoms with Gasteiger partial charge in [-0.15, -0.1) is 0 Å². The molecule has 0 spiro atoms. The number of hydrogen-bond acceptors (Lipinski definition) is 2. The van der Waals surface area contributed by atoms with Gasteiger partial charge in [-0.3, -0.25) is 0 Å². The zero-order valence-corrected chi connectivity index (χ0v) is 5.66. The second-order valence-corrected chi connectivity index (χ2v) is 2.80. The predicted octanol–water partition coefficient (Wildman–Crippen LogP) is 1.72. The fourth-order valence-corrected chi connectivity index (χ4v) is 1.10. The van der Waals surface area contributed by atoms with E-state index in [9.17, 15) is 5.11 Å². The lowest BCUT2D eigenvalue weighted by atomic mass is 10.2. The fourth-order valence-electron chi connectivity index (χ4n) is 1.10. The summed E-state index contributed by atoms with van der Waals surface area (Å²) in [4.78, 5) is 0. The lowest BCUT2D eigenvalue weighted by Gasteiger charge is -2.02. The van der Waals surface area contributed by atoms with Crippen LogP contribution in [0, 0.1) is 5.92 Å². The topological polar surface area (TPSA) is 33.4 Å². The molecule has 2 nitrogen and oxygen atoms in total.